The molecule has 1 amide bonds. The standard InChI is InChI=1S/C15H12ClN3O2/c16-12-3-1-2-4-13(12)19-15(20)9-21-14-6-5-11(18)7-10(14)8-17/h1-7H,9,18H2,(H,19,20). The van der Waals surface area contributed by atoms with Crippen LogP contribution in [0.1, 0.15) is 5.56 Å². The molecule has 0 fully saturated rings. The number of nitriles is 1. The molecule has 0 saturated heterocycles. The van der Waals surface area contributed by atoms with Crippen LogP contribution < -0.4 is 15.8 Å². The molecule has 0 radical (unpaired) electrons. The highest BCUT2D eigenvalue weighted by Crippen LogP contribution is 2.22. The summed E-state index contributed by atoms with van der Waals surface area (Å²) in [7, 11) is 0. The minimum Gasteiger partial charge on any atom is -0.482 e. The van der Waals surface area contributed by atoms with Gasteiger partial charge in [-0.15, -0.1) is 0 Å². The van der Waals surface area contributed by atoms with E-state index in [0.717, 1.165) is 0 Å². The summed E-state index contributed by atoms with van der Waals surface area (Å²) in [5.41, 5.74) is 6.82. The smallest absolute Gasteiger partial charge is 0.262 e. The van der Waals surface area contributed by atoms with Crippen molar-refractivity contribution in [3.63, 3.8) is 0 Å². The van der Waals surface area contributed by atoms with Crippen molar-refractivity contribution >= 4 is 28.9 Å². The van der Waals surface area contributed by atoms with Gasteiger partial charge >= 0.3 is 0 Å². The van der Waals surface area contributed by atoms with Crippen LogP contribution >= 0.6 is 11.6 Å². The SMILES string of the molecule is N#Cc1cc(N)ccc1OCC(=O)Nc1ccccc1Cl. The van der Waals surface area contributed by atoms with Gasteiger partial charge in [-0.2, -0.15) is 5.26 Å². The van der Waals surface area contributed by atoms with Crippen molar-refractivity contribution in [3.05, 3.63) is 53.1 Å². The lowest BCUT2D eigenvalue weighted by atomic mass is 10.2. The largest absolute Gasteiger partial charge is 0.482 e. The zero-order chi connectivity index (χ0) is 15.2. The molecular weight excluding hydrogens is 290 g/mol. The number of nitrogens with one attached hydrogen (secondary N) is 1. The van der Waals surface area contributed by atoms with Crippen molar-refractivity contribution in [2.45, 2.75) is 0 Å². The molecule has 21 heavy (non-hydrogen) atoms. The highest BCUT2D eigenvalue weighted by atomic mass is 35.5. The second-order valence-corrected chi connectivity index (χ2v) is 4.59. The van der Waals surface area contributed by atoms with Crippen LogP contribution in [-0.2, 0) is 4.79 Å². The number of rotatable bonds is 4. The maximum Gasteiger partial charge on any atom is 0.262 e. The molecule has 0 aromatic heterocycles. The zero-order valence-electron chi connectivity index (χ0n) is 11.0. The molecule has 0 heterocycles. The Balaban J connectivity index is 1.99. The van der Waals surface area contributed by atoms with Gasteiger partial charge < -0.3 is 15.8 Å². The minimum atomic E-state index is -0.371. The fourth-order valence-electron chi connectivity index (χ4n) is 1.65. The molecule has 6 heteroatoms. The van der Waals surface area contributed by atoms with Gasteiger partial charge in [0.2, 0.25) is 0 Å². The third-order valence-corrected chi connectivity index (χ3v) is 2.96. The third-order valence-electron chi connectivity index (χ3n) is 2.63. The molecule has 0 spiro atoms. The molecule has 2 rings (SSSR count). The van der Waals surface area contributed by atoms with E-state index in [2.05, 4.69) is 5.32 Å². The van der Waals surface area contributed by atoms with Crippen molar-refractivity contribution in [2.75, 3.05) is 17.7 Å². The fourth-order valence-corrected chi connectivity index (χ4v) is 1.84. The van der Waals surface area contributed by atoms with Gasteiger partial charge in [0.05, 0.1) is 16.3 Å². The Morgan fingerprint density at radius 1 is 1.33 bits per heavy atom. The van der Waals surface area contributed by atoms with Crippen molar-refractivity contribution in [1.82, 2.24) is 0 Å². The first-order valence-electron chi connectivity index (χ1n) is 6.07. The number of hydrogen-bond acceptors (Lipinski definition) is 4. The molecular formula is C15H12ClN3O2. The van der Waals surface area contributed by atoms with Crippen molar-refractivity contribution < 1.29 is 9.53 Å². The van der Waals surface area contributed by atoms with Gasteiger partial charge in [-0.1, -0.05) is 23.7 Å². The van der Waals surface area contributed by atoms with Gasteiger partial charge in [0.15, 0.2) is 6.61 Å². The number of hydrogen-bond donors (Lipinski definition) is 2. The van der Waals surface area contributed by atoms with Crippen molar-refractivity contribution in [1.29, 1.82) is 5.26 Å². The molecule has 2 aromatic rings. The lowest BCUT2D eigenvalue weighted by Gasteiger charge is -2.09. The monoisotopic (exact) mass is 301 g/mol. The third kappa shape index (κ3) is 3.88. The maximum atomic E-state index is 11.8. The summed E-state index contributed by atoms with van der Waals surface area (Å²) in [6.07, 6.45) is 0. The molecule has 106 valence electrons. The lowest BCUT2D eigenvalue weighted by Crippen LogP contribution is -2.20. The molecule has 0 bridgehead atoms. The average molecular weight is 302 g/mol. The van der Waals surface area contributed by atoms with Crippen LogP contribution in [-0.4, -0.2) is 12.5 Å². The van der Waals surface area contributed by atoms with Crippen LogP contribution in [0.4, 0.5) is 11.4 Å². The summed E-state index contributed by atoms with van der Waals surface area (Å²) in [6, 6.07) is 13.5. The lowest BCUT2D eigenvalue weighted by molar-refractivity contribution is -0.118. The van der Waals surface area contributed by atoms with Crippen LogP contribution in [0.3, 0.4) is 0 Å². The predicted molar refractivity (Wildman–Crippen MR) is 81.1 cm³/mol. The van der Waals surface area contributed by atoms with E-state index in [9.17, 15) is 4.79 Å². The van der Waals surface area contributed by atoms with Gasteiger partial charge in [-0.05, 0) is 30.3 Å². The summed E-state index contributed by atoms with van der Waals surface area (Å²) in [5, 5.41) is 12.0. The number of carbonyl (C=O) groups is 1. The summed E-state index contributed by atoms with van der Waals surface area (Å²) >= 11 is 5.94. The molecule has 0 aliphatic carbocycles. The number of para-hydroxylation sites is 1. The topological polar surface area (TPSA) is 88.1 Å². The van der Waals surface area contributed by atoms with E-state index < -0.39 is 0 Å². The average Bonchev–Trinajstić information content (AvgIpc) is 2.48. The number of halogens is 1. The van der Waals surface area contributed by atoms with Crippen molar-refractivity contribution in [3.8, 4) is 11.8 Å². The van der Waals surface area contributed by atoms with E-state index in [1.165, 1.54) is 6.07 Å². The van der Waals surface area contributed by atoms with Gasteiger partial charge in [0, 0.05) is 5.69 Å². The highest BCUT2D eigenvalue weighted by Gasteiger charge is 2.09. The summed E-state index contributed by atoms with van der Waals surface area (Å²) in [5.74, 6) is -0.0650. The van der Waals surface area contributed by atoms with E-state index in [0.29, 0.717) is 22.1 Å². The fraction of sp³-hybridized carbons (Fsp3) is 0.0667. The first kappa shape index (κ1) is 14.7. The minimum absolute atomic E-state index is 0.232. The van der Waals surface area contributed by atoms with E-state index in [1.807, 2.05) is 6.07 Å². The van der Waals surface area contributed by atoms with E-state index in [-0.39, 0.29) is 18.1 Å². The zero-order valence-corrected chi connectivity index (χ0v) is 11.7. The van der Waals surface area contributed by atoms with Crippen molar-refractivity contribution in [2.24, 2.45) is 0 Å². The Morgan fingerprint density at radius 3 is 2.81 bits per heavy atom. The van der Waals surface area contributed by atoms with E-state index in [1.54, 1.807) is 36.4 Å². The maximum absolute atomic E-state index is 11.8. The molecule has 5 nitrogen and oxygen atoms in total. The molecule has 0 saturated carbocycles. The Kier molecular flexibility index (Phi) is 4.64. The van der Waals surface area contributed by atoms with Crippen LogP contribution in [0.2, 0.25) is 5.02 Å². The van der Waals surface area contributed by atoms with Gasteiger partial charge in [-0.25, -0.2) is 0 Å². The van der Waals surface area contributed by atoms with Crippen LogP contribution in [0.5, 0.6) is 5.75 Å². The highest BCUT2D eigenvalue weighted by molar-refractivity contribution is 6.33. The summed E-state index contributed by atoms with van der Waals surface area (Å²) in [6.45, 7) is -0.232. The first-order chi connectivity index (χ1) is 10.1. The number of amides is 1. The Labute approximate surface area is 126 Å². The second-order valence-electron chi connectivity index (χ2n) is 4.18. The molecule has 0 unspecified atom stereocenters. The van der Waals surface area contributed by atoms with Gasteiger partial charge in [-0.3, -0.25) is 4.79 Å². The predicted octanol–water partition coefficient (Wildman–Crippen LogP) is 2.81. The number of nitrogens with two attached hydrogens (primary N) is 1. The summed E-state index contributed by atoms with van der Waals surface area (Å²) in [4.78, 5) is 11.8. The molecule has 0 aliphatic rings. The molecule has 0 atom stereocenters. The molecule has 0 aliphatic heterocycles. The molecule has 3 N–H and O–H groups in total. The Morgan fingerprint density at radius 2 is 2.10 bits per heavy atom. The van der Waals surface area contributed by atoms with Crippen LogP contribution in [0.15, 0.2) is 42.5 Å². The van der Waals surface area contributed by atoms with E-state index >= 15 is 0 Å². The quantitative estimate of drug-likeness (QED) is 0.850. The van der Waals surface area contributed by atoms with Crippen LogP contribution in [0.25, 0.3) is 0 Å². The van der Waals surface area contributed by atoms with Gasteiger partial charge in [0.25, 0.3) is 5.91 Å². The Hall–Kier alpha value is -2.71. The first-order valence-corrected chi connectivity index (χ1v) is 6.45. The Bertz CT molecular complexity index is 710. The van der Waals surface area contributed by atoms with Gasteiger partial charge in [0.1, 0.15) is 11.8 Å². The summed E-state index contributed by atoms with van der Waals surface area (Å²) < 4.78 is 5.32. The van der Waals surface area contributed by atoms with E-state index in [4.69, 9.17) is 27.3 Å². The number of carbonyl (C=O) groups excluding carboxylic acids is 1. The number of nitrogens with zero attached hydrogens (tertiary/aromatic N) is 1. The normalized spacial score (nSPS) is 9.71. The van der Waals surface area contributed by atoms with Crippen LogP contribution in [0, 0.1) is 11.3 Å². The second kappa shape index (κ2) is 6.64. The number of benzene rings is 2. The number of anilines is 2. The number of nitrogen functional groups attached to an aromatic ring is 1. The molecule has 2 aromatic carbocycles. The number of ether oxygens (including phenoxy) is 1.